The highest BCUT2D eigenvalue weighted by Crippen LogP contribution is 2.34. The van der Waals surface area contributed by atoms with Gasteiger partial charge in [0.25, 0.3) is 5.69 Å². The molecule has 0 aliphatic carbocycles. The maximum absolute atomic E-state index is 13.2. The van der Waals surface area contributed by atoms with Crippen LogP contribution in [0, 0.1) is 10.1 Å². The number of imidazole rings is 1. The van der Waals surface area contributed by atoms with Crippen LogP contribution < -0.4 is 10.1 Å². The predicted molar refractivity (Wildman–Crippen MR) is 132 cm³/mol. The predicted octanol–water partition coefficient (Wildman–Crippen LogP) is 4.78. The number of nitrogens with zero attached hydrogens (tertiary/aromatic N) is 4. The number of nitro benzene ring substituents is 1. The van der Waals surface area contributed by atoms with Gasteiger partial charge in [0, 0.05) is 31.2 Å². The van der Waals surface area contributed by atoms with Crippen molar-refractivity contribution in [2.75, 3.05) is 5.32 Å². The Morgan fingerprint density at radius 1 is 1.08 bits per heavy atom. The molecule has 3 aromatic carbocycles. The van der Waals surface area contributed by atoms with Gasteiger partial charge in [-0.15, -0.1) is 0 Å². The van der Waals surface area contributed by atoms with E-state index in [0.29, 0.717) is 29.2 Å². The molecular formula is C25H20N6O5. The lowest BCUT2D eigenvalue weighted by molar-refractivity contribution is -0.384. The lowest BCUT2D eigenvalue weighted by Gasteiger charge is -2.21. The Balaban J connectivity index is 1.44. The molecule has 0 spiro atoms. The number of benzene rings is 3. The summed E-state index contributed by atoms with van der Waals surface area (Å²) in [6, 6.07) is 19.3. The number of aromatic nitrogens is 2. The van der Waals surface area contributed by atoms with Crippen molar-refractivity contribution in [3.63, 3.8) is 0 Å². The van der Waals surface area contributed by atoms with Gasteiger partial charge in [0.15, 0.2) is 5.82 Å². The topological polar surface area (TPSA) is 143 Å². The van der Waals surface area contributed by atoms with Crippen molar-refractivity contribution in [1.82, 2.24) is 15.0 Å². The summed E-state index contributed by atoms with van der Waals surface area (Å²) in [6.45, 7) is 1.40. The van der Waals surface area contributed by atoms with Crippen molar-refractivity contribution in [2.45, 2.75) is 19.4 Å². The van der Waals surface area contributed by atoms with E-state index in [9.17, 15) is 19.7 Å². The minimum absolute atomic E-state index is 0.0523. The third-order valence-electron chi connectivity index (χ3n) is 5.63. The number of hydrogen-bond acceptors (Lipinski definition) is 7. The van der Waals surface area contributed by atoms with Crippen LogP contribution in [0.1, 0.15) is 30.8 Å². The molecular weight excluding hydrogens is 464 g/mol. The second-order valence-electron chi connectivity index (χ2n) is 8.14. The van der Waals surface area contributed by atoms with E-state index in [4.69, 9.17) is 4.74 Å². The minimum atomic E-state index is -0.725. The second kappa shape index (κ2) is 9.29. The molecule has 0 saturated heterocycles. The summed E-state index contributed by atoms with van der Waals surface area (Å²) in [4.78, 5) is 42.8. The van der Waals surface area contributed by atoms with Crippen molar-refractivity contribution < 1.29 is 19.2 Å². The van der Waals surface area contributed by atoms with Crippen LogP contribution in [0.2, 0.25) is 0 Å². The number of H-pyrrole nitrogens is 1. The van der Waals surface area contributed by atoms with Gasteiger partial charge >= 0.3 is 6.09 Å². The summed E-state index contributed by atoms with van der Waals surface area (Å²) in [6.07, 6.45) is -0.398. The molecule has 2 heterocycles. The summed E-state index contributed by atoms with van der Waals surface area (Å²) in [7, 11) is 0. The third kappa shape index (κ3) is 4.62. The first-order valence-corrected chi connectivity index (χ1v) is 11.0. The lowest BCUT2D eigenvalue weighted by Crippen LogP contribution is -2.29. The summed E-state index contributed by atoms with van der Waals surface area (Å²) < 4.78 is 5.54. The number of fused-ring (bicyclic) bond motifs is 1. The van der Waals surface area contributed by atoms with Gasteiger partial charge in [-0.3, -0.25) is 14.9 Å². The molecule has 1 aliphatic heterocycles. The Hall–Kier alpha value is -5.06. The molecule has 1 atom stereocenters. The normalized spacial score (nSPS) is 15.0. The van der Waals surface area contributed by atoms with Crippen molar-refractivity contribution in [3.8, 4) is 5.75 Å². The van der Waals surface area contributed by atoms with Crippen LogP contribution in [0.15, 0.2) is 77.9 Å². The van der Waals surface area contributed by atoms with Crippen LogP contribution in [-0.4, -0.2) is 37.6 Å². The van der Waals surface area contributed by atoms with Gasteiger partial charge in [-0.2, -0.15) is 10.1 Å². The first kappa shape index (κ1) is 22.7. The van der Waals surface area contributed by atoms with Crippen LogP contribution >= 0.6 is 0 Å². The molecule has 180 valence electrons. The molecule has 11 heteroatoms. The fraction of sp³-hybridized carbons (Fsp3) is 0.120. The van der Waals surface area contributed by atoms with Crippen molar-refractivity contribution in [1.29, 1.82) is 0 Å². The van der Waals surface area contributed by atoms with Gasteiger partial charge < -0.3 is 15.0 Å². The first-order valence-electron chi connectivity index (χ1n) is 11.0. The van der Waals surface area contributed by atoms with E-state index in [1.165, 1.54) is 24.1 Å². The number of nitro groups is 1. The van der Waals surface area contributed by atoms with Gasteiger partial charge in [-0.1, -0.05) is 24.3 Å². The second-order valence-corrected chi connectivity index (χ2v) is 8.14. The van der Waals surface area contributed by atoms with Crippen molar-refractivity contribution in [2.24, 2.45) is 5.10 Å². The summed E-state index contributed by atoms with van der Waals surface area (Å²) in [5.41, 5.74) is 3.33. The SMILES string of the molecule is CC(=O)Nc1ccc(OC(=O)N2N=C(c3nc4ccccc4[nH]3)CC2c2ccc([N+](=O)[O-])cc2)cc1. The van der Waals surface area contributed by atoms with E-state index in [0.717, 1.165) is 11.0 Å². The molecule has 11 nitrogen and oxygen atoms in total. The third-order valence-corrected chi connectivity index (χ3v) is 5.63. The Bertz CT molecular complexity index is 1460. The number of rotatable bonds is 5. The number of ether oxygens (including phenoxy) is 1. The number of non-ortho nitro benzene ring substituents is 1. The van der Waals surface area contributed by atoms with Crippen LogP contribution in [0.25, 0.3) is 11.0 Å². The summed E-state index contributed by atoms with van der Waals surface area (Å²) in [5, 5.41) is 19.5. The molecule has 0 fully saturated rings. The standard InChI is InChI=1S/C25H20N6O5/c1-15(32)26-17-8-12-19(13-9-17)36-25(33)30-23(16-6-10-18(11-7-16)31(34)35)14-22(29-30)24-27-20-4-2-3-5-21(20)28-24/h2-13,23H,14H2,1H3,(H,26,32)(H,27,28). The maximum Gasteiger partial charge on any atom is 0.436 e. The van der Waals surface area contributed by atoms with Crippen LogP contribution in [0.4, 0.5) is 16.2 Å². The van der Waals surface area contributed by atoms with Crippen LogP contribution in [-0.2, 0) is 4.79 Å². The molecule has 36 heavy (non-hydrogen) atoms. The first-order chi connectivity index (χ1) is 17.4. The zero-order valence-corrected chi connectivity index (χ0v) is 19.0. The number of hydrazone groups is 1. The van der Waals surface area contributed by atoms with Gasteiger partial charge in [-0.25, -0.2) is 9.78 Å². The zero-order chi connectivity index (χ0) is 25.2. The van der Waals surface area contributed by atoms with Crippen LogP contribution in [0.5, 0.6) is 5.75 Å². The molecule has 0 radical (unpaired) electrons. The molecule has 0 bridgehead atoms. The zero-order valence-electron chi connectivity index (χ0n) is 19.0. The van der Waals surface area contributed by atoms with E-state index >= 15 is 0 Å². The highest BCUT2D eigenvalue weighted by atomic mass is 16.6. The molecule has 1 aromatic heterocycles. The number of aromatic amines is 1. The highest BCUT2D eigenvalue weighted by Gasteiger charge is 2.35. The van der Waals surface area contributed by atoms with Gasteiger partial charge in [0.1, 0.15) is 11.5 Å². The van der Waals surface area contributed by atoms with E-state index in [2.05, 4.69) is 20.4 Å². The Kier molecular flexibility index (Phi) is 5.87. The lowest BCUT2D eigenvalue weighted by atomic mass is 10.0. The average Bonchev–Trinajstić information content (AvgIpc) is 3.50. The monoisotopic (exact) mass is 484 g/mol. The van der Waals surface area contributed by atoms with Gasteiger partial charge in [0.05, 0.1) is 22.0 Å². The van der Waals surface area contributed by atoms with E-state index in [-0.39, 0.29) is 17.3 Å². The van der Waals surface area contributed by atoms with Crippen molar-refractivity contribution in [3.05, 3.63) is 94.3 Å². The van der Waals surface area contributed by atoms with Crippen LogP contribution in [0.3, 0.4) is 0 Å². The average molecular weight is 484 g/mol. The minimum Gasteiger partial charge on any atom is -0.409 e. The number of carbonyl (C=O) groups is 2. The number of nitrogens with one attached hydrogen (secondary N) is 2. The highest BCUT2D eigenvalue weighted by molar-refractivity contribution is 6.02. The molecule has 2 N–H and O–H groups in total. The van der Waals surface area contributed by atoms with E-state index in [1.807, 2.05) is 24.3 Å². The molecule has 1 unspecified atom stereocenters. The van der Waals surface area contributed by atoms with Gasteiger partial charge in [-0.05, 0) is 42.0 Å². The summed E-state index contributed by atoms with van der Waals surface area (Å²) in [5.74, 6) is 0.581. The summed E-state index contributed by atoms with van der Waals surface area (Å²) >= 11 is 0. The Morgan fingerprint density at radius 3 is 2.47 bits per heavy atom. The smallest absolute Gasteiger partial charge is 0.409 e. The molecule has 1 aliphatic rings. The Labute approximate surface area is 204 Å². The van der Waals surface area contributed by atoms with Crippen molar-refractivity contribution >= 4 is 40.1 Å². The largest absolute Gasteiger partial charge is 0.436 e. The fourth-order valence-electron chi connectivity index (χ4n) is 3.95. The van der Waals surface area contributed by atoms with Gasteiger partial charge in [0.2, 0.25) is 5.91 Å². The van der Waals surface area contributed by atoms with E-state index in [1.54, 1.807) is 36.4 Å². The number of hydrogen-bond donors (Lipinski definition) is 2. The number of anilines is 1. The number of carbonyl (C=O) groups excluding carboxylic acids is 2. The molecule has 4 aromatic rings. The fourth-order valence-corrected chi connectivity index (χ4v) is 3.95. The quantitative estimate of drug-likeness (QED) is 0.308. The number of para-hydroxylation sites is 2. The number of amides is 2. The molecule has 0 saturated carbocycles. The Morgan fingerprint density at radius 2 is 1.81 bits per heavy atom. The van der Waals surface area contributed by atoms with E-state index < -0.39 is 17.1 Å². The molecule has 5 rings (SSSR count). The molecule has 2 amide bonds. The maximum atomic E-state index is 13.2.